The van der Waals surface area contributed by atoms with Crippen molar-refractivity contribution in [2.45, 2.75) is 117 Å². The standard InChI is InChI=1S/C22H45NO3/c1-7-9-10-11-12-13-14-15-16-17-19-26-20(18-8-2)23(5,6)22(3,4)21(24)25/h20H,7-19H2,1-6H3. The number of nitrogens with zero attached hydrogens (tertiary/aromatic N) is 1. The van der Waals surface area contributed by atoms with E-state index in [1.54, 1.807) is 13.8 Å². The molecule has 0 N–H and O–H groups in total. The average Bonchev–Trinajstić information content (AvgIpc) is 2.58. The summed E-state index contributed by atoms with van der Waals surface area (Å²) in [6, 6.07) is 0. The van der Waals surface area contributed by atoms with Crippen molar-refractivity contribution in [2.24, 2.45) is 0 Å². The van der Waals surface area contributed by atoms with Crippen LogP contribution in [0.4, 0.5) is 0 Å². The number of unbranched alkanes of at least 4 members (excludes halogenated alkanes) is 9. The molecule has 156 valence electrons. The van der Waals surface area contributed by atoms with Gasteiger partial charge in [-0.05, 0) is 26.7 Å². The van der Waals surface area contributed by atoms with Crippen LogP contribution in [0.5, 0.6) is 0 Å². The first-order chi connectivity index (χ1) is 12.2. The Hall–Kier alpha value is -0.610. The fourth-order valence-corrected chi connectivity index (χ4v) is 3.24. The highest BCUT2D eigenvalue weighted by Gasteiger charge is 2.44. The Kier molecular flexibility index (Phi) is 13.2. The quantitative estimate of drug-likeness (QED) is 0.212. The fourth-order valence-electron chi connectivity index (χ4n) is 3.24. The number of carboxylic acid groups (broad SMARTS) is 1. The Bertz CT molecular complexity index is 366. The Morgan fingerprint density at radius 1 is 0.885 bits per heavy atom. The van der Waals surface area contributed by atoms with E-state index in [1.807, 2.05) is 14.1 Å². The van der Waals surface area contributed by atoms with Crippen molar-refractivity contribution in [1.82, 2.24) is 0 Å². The predicted molar refractivity (Wildman–Crippen MR) is 108 cm³/mol. The monoisotopic (exact) mass is 371 g/mol. The maximum atomic E-state index is 11.6. The molecule has 0 aromatic carbocycles. The number of hydrogen-bond acceptors (Lipinski definition) is 3. The highest BCUT2D eigenvalue weighted by molar-refractivity contribution is 5.73. The molecule has 0 heterocycles. The summed E-state index contributed by atoms with van der Waals surface area (Å²) in [6.45, 7) is 8.55. The highest BCUT2D eigenvalue weighted by atomic mass is 16.5. The molecule has 0 rings (SSSR count). The second-order valence-corrected chi connectivity index (χ2v) is 8.68. The molecule has 0 aliphatic heterocycles. The lowest BCUT2D eigenvalue weighted by molar-refractivity contribution is -0.974. The van der Waals surface area contributed by atoms with Crippen LogP contribution in [0, 0.1) is 0 Å². The topological polar surface area (TPSA) is 49.4 Å². The molecule has 0 aromatic heterocycles. The van der Waals surface area contributed by atoms with Crippen LogP contribution in [0.3, 0.4) is 0 Å². The fraction of sp³-hybridized carbons (Fsp3) is 0.955. The van der Waals surface area contributed by atoms with Crippen LogP contribution >= 0.6 is 0 Å². The van der Waals surface area contributed by atoms with E-state index >= 15 is 0 Å². The SMILES string of the molecule is CCCCCCCCCCCCOC(CCC)[N+](C)(C)C(C)(C)C(=O)[O-]. The van der Waals surface area contributed by atoms with Gasteiger partial charge in [0, 0.05) is 6.42 Å². The lowest BCUT2D eigenvalue weighted by atomic mass is 9.99. The number of carboxylic acids is 1. The van der Waals surface area contributed by atoms with Crippen LogP contribution in [0.15, 0.2) is 0 Å². The van der Waals surface area contributed by atoms with Crippen molar-refractivity contribution in [2.75, 3.05) is 20.7 Å². The molecule has 4 heteroatoms. The van der Waals surface area contributed by atoms with Gasteiger partial charge in [0.05, 0.1) is 20.7 Å². The molecule has 0 aliphatic carbocycles. The van der Waals surface area contributed by atoms with Crippen LogP contribution in [0.1, 0.15) is 105 Å². The van der Waals surface area contributed by atoms with E-state index in [4.69, 9.17) is 4.74 Å². The maximum absolute atomic E-state index is 11.6. The molecule has 1 unspecified atom stereocenters. The summed E-state index contributed by atoms with van der Waals surface area (Å²) in [6.07, 6.45) is 14.8. The Balaban J connectivity index is 4.07. The van der Waals surface area contributed by atoms with Crippen LogP contribution in [-0.2, 0) is 9.53 Å². The molecule has 0 amide bonds. The molecular weight excluding hydrogens is 326 g/mol. The van der Waals surface area contributed by atoms with Gasteiger partial charge < -0.3 is 14.6 Å². The Labute approximate surface area is 162 Å². The molecule has 0 radical (unpaired) electrons. The zero-order chi connectivity index (χ0) is 20.1. The number of aliphatic carboxylic acids is 1. The molecule has 4 nitrogen and oxygen atoms in total. The summed E-state index contributed by atoms with van der Waals surface area (Å²) in [5.74, 6) is -1.02. The maximum Gasteiger partial charge on any atom is 0.193 e. The van der Waals surface area contributed by atoms with Gasteiger partial charge in [-0.3, -0.25) is 4.48 Å². The number of hydrogen-bond donors (Lipinski definition) is 0. The summed E-state index contributed by atoms with van der Waals surface area (Å²) in [5.41, 5.74) is -0.975. The first kappa shape index (κ1) is 25.4. The third kappa shape index (κ3) is 8.85. The third-order valence-corrected chi connectivity index (χ3v) is 6.00. The van der Waals surface area contributed by atoms with E-state index in [-0.39, 0.29) is 6.23 Å². The zero-order valence-corrected chi connectivity index (χ0v) is 18.4. The van der Waals surface area contributed by atoms with Gasteiger partial charge in [0.25, 0.3) is 0 Å². The molecule has 1 atom stereocenters. The molecule has 0 spiro atoms. The van der Waals surface area contributed by atoms with Crippen LogP contribution < -0.4 is 5.11 Å². The van der Waals surface area contributed by atoms with E-state index in [9.17, 15) is 9.90 Å². The lowest BCUT2D eigenvalue weighted by Gasteiger charge is -2.49. The number of carbonyl (C=O) groups is 1. The molecule has 0 saturated heterocycles. The minimum atomic E-state index is -1.02. The van der Waals surface area contributed by atoms with Gasteiger partial charge in [-0.15, -0.1) is 0 Å². The second-order valence-electron chi connectivity index (χ2n) is 8.68. The number of carbonyl (C=O) groups excluding carboxylic acids is 1. The minimum Gasteiger partial charge on any atom is -0.544 e. The Morgan fingerprint density at radius 3 is 1.77 bits per heavy atom. The summed E-state index contributed by atoms with van der Waals surface area (Å²) < 4.78 is 6.43. The number of rotatable bonds is 17. The van der Waals surface area contributed by atoms with Gasteiger partial charge in [0.15, 0.2) is 6.23 Å². The van der Waals surface area contributed by atoms with Gasteiger partial charge in [-0.25, -0.2) is 0 Å². The van der Waals surface area contributed by atoms with Crippen molar-refractivity contribution in [1.29, 1.82) is 0 Å². The third-order valence-electron chi connectivity index (χ3n) is 6.00. The minimum absolute atomic E-state index is 0.105. The largest absolute Gasteiger partial charge is 0.544 e. The van der Waals surface area contributed by atoms with Crippen molar-refractivity contribution in [3.8, 4) is 0 Å². The zero-order valence-electron chi connectivity index (χ0n) is 18.4. The molecule has 0 bridgehead atoms. The van der Waals surface area contributed by atoms with Gasteiger partial charge >= 0.3 is 0 Å². The summed E-state index contributed by atoms with van der Waals surface area (Å²) >= 11 is 0. The number of ether oxygens (including phenoxy) is 1. The normalized spacial score (nSPS) is 13.8. The summed E-state index contributed by atoms with van der Waals surface area (Å²) in [4.78, 5) is 11.6. The van der Waals surface area contributed by atoms with Gasteiger partial charge in [-0.2, -0.15) is 0 Å². The van der Waals surface area contributed by atoms with Gasteiger partial charge in [0.1, 0.15) is 11.5 Å². The van der Waals surface area contributed by atoms with E-state index in [0.29, 0.717) is 11.1 Å². The number of quaternary nitrogens is 1. The van der Waals surface area contributed by atoms with Gasteiger partial charge in [-0.1, -0.05) is 71.6 Å². The second kappa shape index (κ2) is 13.5. The average molecular weight is 372 g/mol. The molecule has 0 saturated carbocycles. The van der Waals surface area contributed by atoms with Crippen LogP contribution in [-0.4, -0.2) is 42.9 Å². The Morgan fingerprint density at radius 2 is 1.35 bits per heavy atom. The first-order valence-electron chi connectivity index (χ1n) is 10.9. The highest BCUT2D eigenvalue weighted by Crippen LogP contribution is 2.27. The van der Waals surface area contributed by atoms with E-state index in [0.717, 1.165) is 19.3 Å². The lowest BCUT2D eigenvalue weighted by Crippen LogP contribution is -2.68. The van der Waals surface area contributed by atoms with Crippen LogP contribution in [0.2, 0.25) is 0 Å². The van der Waals surface area contributed by atoms with Crippen LogP contribution in [0.25, 0.3) is 0 Å². The number of likely N-dealkylation sites (N-methyl/N-ethyl adjacent to an activating group) is 1. The molecular formula is C22H45NO3. The summed E-state index contributed by atoms with van der Waals surface area (Å²) in [5, 5.41) is 11.6. The molecule has 0 aromatic rings. The van der Waals surface area contributed by atoms with Gasteiger partial charge in [0.2, 0.25) is 0 Å². The van der Waals surface area contributed by atoms with E-state index < -0.39 is 11.5 Å². The van der Waals surface area contributed by atoms with E-state index in [2.05, 4.69) is 13.8 Å². The van der Waals surface area contributed by atoms with E-state index in [1.165, 1.54) is 57.8 Å². The molecule has 26 heavy (non-hydrogen) atoms. The van der Waals surface area contributed by atoms with Crippen molar-refractivity contribution in [3.05, 3.63) is 0 Å². The predicted octanol–water partition coefficient (Wildman–Crippen LogP) is 4.66. The summed E-state index contributed by atoms with van der Waals surface area (Å²) in [7, 11) is 3.88. The van der Waals surface area contributed by atoms with Crippen molar-refractivity contribution in [3.63, 3.8) is 0 Å². The first-order valence-corrected chi connectivity index (χ1v) is 10.9. The molecule has 0 aliphatic rings. The van der Waals surface area contributed by atoms with Crippen molar-refractivity contribution >= 4 is 5.97 Å². The molecule has 0 fully saturated rings. The van der Waals surface area contributed by atoms with Crippen molar-refractivity contribution < 1.29 is 19.1 Å². The smallest absolute Gasteiger partial charge is 0.193 e.